The Morgan fingerprint density at radius 3 is 2.75 bits per heavy atom. The summed E-state index contributed by atoms with van der Waals surface area (Å²) in [4.78, 5) is 15.6. The number of aryl methyl sites for hydroxylation is 1. The van der Waals surface area contributed by atoms with Gasteiger partial charge in [-0.25, -0.2) is 0 Å². The van der Waals surface area contributed by atoms with Gasteiger partial charge in [0.25, 0.3) is 5.89 Å². The molecule has 6 heteroatoms. The van der Waals surface area contributed by atoms with Crippen molar-refractivity contribution in [2.45, 2.75) is 33.2 Å². The minimum atomic E-state index is -0.693. The van der Waals surface area contributed by atoms with Crippen molar-refractivity contribution in [3.8, 4) is 11.5 Å². The minimum Gasteiger partial charge on any atom is -0.399 e. The zero-order valence-electron chi connectivity index (χ0n) is 12.0. The number of anilines is 1. The van der Waals surface area contributed by atoms with Crippen LogP contribution in [0.5, 0.6) is 0 Å². The molecule has 1 aromatic heterocycles. The lowest BCUT2D eigenvalue weighted by molar-refractivity contribution is -0.120. The Labute approximate surface area is 117 Å². The van der Waals surface area contributed by atoms with Crippen molar-refractivity contribution >= 4 is 11.6 Å². The van der Waals surface area contributed by atoms with Crippen molar-refractivity contribution in [3.63, 3.8) is 0 Å². The summed E-state index contributed by atoms with van der Waals surface area (Å²) >= 11 is 0. The topological polar surface area (TPSA) is 94.0 Å². The van der Waals surface area contributed by atoms with Crippen LogP contribution < -0.4 is 11.1 Å². The van der Waals surface area contributed by atoms with Crippen LogP contribution in [0.15, 0.2) is 22.7 Å². The Hall–Kier alpha value is -2.37. The smallest absolute Gasteiger partial charge is 0.258 e. The van der Waals surface area contributed by atoms with E-state index in [0.29, 0.717) is 17.4 Å². The summed E-state index contributed by atoms with van der Waals surface area (Å²) in [5.41, 5.74) is 7.50. The van der Waals surface area contributed by atoms with Crippen LogP contribution in [0.2, 0.25) is 0 Å². The molecule has 20 heavy (non-hydrogen) atoms. The van der Waals surface area contributed by atoms with Crippen molar-refractivity contribution in [1.29, 1.82) is 0 Å². The van der Waals surface area contributed by atoms with E-state index in [4.69, 9.17) is 10.3 Å². The number of nitrogens with one attached hydrogen (secondary N) is 1. The molecule has 0 aliphatic rings. The molecule has 0 aliphatic heterocycles. The Bertz CT molecular complexity index is 646. The Morgan fingerprint density at radius 1 is 1.40 bits per heavy atom. The number of nitrogens with zero attached hydrogens (tertiary/aromatic N) is 2. The van der Waals surface area contributed by atoms with E-state index in [-0.39, 0.29) is 5.91 Å². The van der Waals surface area contributed by atoms with Gasteiger partial charge >= 0.3 is 0 Å². The summed E-state index contributed by atoms with van der Waals surface area (Å²) in [6, 6.07) is 5.50. The molecule has 6 nitrogen and oxygen atoms in total. The number of hydrogen-bond donors (Lipinski definition) is 2. The SMILES string of the molecule is CC(=O)NC(C)(C)c1noc(-c2cc(N)ccc2C)n1. The molecular weight excluding hydrogens is 256 g/mol. The Balaban J connectivity index is 2.38. The maximum absolute atomic E-state index is 11.2. The molecule has 0 unspecified atom stereocenters. The average Bonchev–Trinajstić information content (AvgIpc) is 2.80. The van der Waals surface area contributed by atoms with Crippen LogP contribution in [0.25, 0.3) is 11.5 Å². The van der Waals surface area contributed by atoms with Crippen LogP contribution in [-0.4, -0.2) is 16.0 Å². The summed E-state index contributed by atoms with van der Waals surface area (Å²) in [6.07, 6.45) is 0. The van der Waals surface area contributed by atoms with E-state index >= 15 is 0 Å². The predicted octanol–water partition coefficient (Wildman–Crippen LogP) is 2.00. The minimum absolute atomic E-state index is 0.151. The Morgan fingerprint density at radius 2 is 2.10 bits per heavy atom. The third-order valence-electron chi connectivity index (χ3n) is 2.97. The van der Waals surface area contributed by atoms with Crippen molar-refractivity contribution in [2.24, 2.45) is 0 Å². The molecular formula is C14H18N4O2. The summed E-state index contributed by atoms with van der Waals surface area (Å²) in [5.74, 6) is 0.661. The number of rotatable bonds is 3. The number of amides is 1. The van der Waals surface area contributed by atoms with Gasteiger partial charge < -0.3 is 15.6 Å². The molecule has 106 valence electrons. The maximum Gasteiger partial charge on any atom is 0.258 e. The first-order valence-electron chi connectivity index (χ1n) is 6.29. The zero-order chi connectivity index (χ0) is 14.9. The molecule has 0 bridgehead atoms. The number of nitrogens with two attached hydrogens (primary N) is 1. The van der Waals surface area contributed by atoms with Gasteiger partial charge in [0.15, 0.2) is 5.82 Å². The molecule has 1 amide bonds. The van der Waals surface area contributed by atoms with E-state index in [1.165, 1.54) is 6.92 Å². The number of nitrogen functional groups attached to an aromatic ring is 1. The second-order valence-electron chi connectivity index (χ2n) is 5.30. The molecule has 2 rings (SSSR count). The van der Waals surface area contributed by atoms with Crippen molar-refractivity contribution in [2.75, 3.05) is 5.73 Å². The molecule has 1 aromatic carbocycles. The van der Waals surface area contributed by atoms with E-state index in [0.717, 1.165) is 11.1 Å². The summed E-state index contributed by atoms with van der Waals surface area (Å²) in [7, 11) is 0. The summed E-state index contributed by atoms with van der Waals surface area (Å²) in [5, 5.41) is 6.72. The van der Waals surface area contributed by atoms with E-state index in [1.807, 2.05) is 32.9 Å². The van der Waals surface area contributed by atoms with Gasteiger partial charge in [-0.15, -0.1) is 0 Å². The van der Waals surface area contributed by atoms with Crippen molar-refractivity contribution < 1.29 is 9.32 Å². The van der Waals surface area contributed by atoms with Crippen LogP contribution in [-0.2, 0) is 10.3 Å². The first-order chi connectivity index (χ1) is 9.29. The molecule has 0 saturated heterocycles. The standard InChI is InChI=1S/C14H18N4O2/c1-8-5-6-10(15)7-11(8)12-16-13(18-20-12)14(3,4)17-9(2)19/h5-7H,15H2,1-4H3,(H,17,19). The van der Waals surface area contributed by atoms with E-state index in [2.05, 4.69) is 15.5 Å². The van der Waals surface area contributed by atoms with Crippen LogP contribution in [0.4, 0.5) is 5.69 Å². The third kappa shape index (κ3) is 2.79. The quantitative estimate of drug-likeness (QED) is 0.835. The molecule has 0 saturated carbocycles. The number of benzene rings is 1. The second-order valence-corrected chi connectivity index (χ2v) is 5.30. The molecule has 1 heterocycles. The van der Waals surface area contributed by atoms with E-state index in [9.17, 15) is 4.79 Å². The largest absolute Gasteiger partial charge is 0.399 e. The first kappa shape index (κ1) is 14.0. The lowest BCUT2D eigenvalue weighted by atomic mass is 10.0. The fourth-order valence-corrected chi connectivity index (χ4v) is 1.95. The summed E-state index contributed by atoms with van der Waals surface area (Å²) < 4.78 is 5.29. The molecule has 0 atom stereocenters. The third-order valence-corrected chi connectivity index (χ3v) is 2.97. The number of aromatic nitrogens is 2. The number of hydrogen-bond acceptors (Lipinski definition) is 5. The normalized spacial score (nSPS) is 11.4. The highest BCUT2D eigenvalue weighted by molar-refractivity contribution is 5.73. The lowest BCUT2D eigenvalue weighted by Gasteiger charge is -2.20. The predicted molar refractivity (Wildman–Crippen MR) is 75.7 cm³/mol. The fraction of sp³-hybridized carbons (Fsp3) is 0.357. The van der Waals surface area contributed by atoms with Gasteiger partial charge in [-0.05, 0) is 38.5 Å². The van der Waals surface area contributed by atoms with E-state index < -0.39 is 5.54 Å². The zero-order valence-corrected chi connectivity index (χ0v) is 12.0. The Kier molecular flexibility index (Phi) is 3.48. The highest BCUT2D eigenvalue weighted by Gasteiger charge is 2.28. The molecule has 0 radical (unpaired) electrons. The monoisotopic (exact) mass is 274 g/mol. The number of carbonyl (C=O) groups excluding carboxylic acids is 1. The van der Waals surface area contributed by atoms with Gasteiger partial charge in [-0.3, -0.25) is 4.79 Å². The van der Waals surface area contributed by atoms with Gasteiger partial charge in [-0.1, -0.05) is 11.2 Å². The van der Waals surface area contributed by atoms with Gasteiger partial charge in [0.1, 0.15) is 0 Å². The highest BCUT2D eigenvalue weighted by Crippen LogP contribution is 2.26. The molecule has 3 N–H and O–H groups in total. The fourth-order valence-electron chi connectivity index (χ4n) is 1.95. The molecule has 0 aliphatic carbocycles. The van der Waals surface area contributed by atoms with Crippen LogP contribution in [0.3, 0.4) is 0 Å². The highest BCUT2D eigenvalue weighted by atomic mass is 16.5. The van der Waals surface area contributed by atoms with Crippen LogP contribution >= 0.6 is 0 Å². The van der Waals surface area contributed by atoms with E-state index in [1.54, 1.807) is 6.07 Å². The first-order valence-corrected chi connectivity index (χ1v) is 6.29. The molecule has 0 fully saturated rings. The van der Waals surface area contributed by atoms with Gasteiger partial charge in [0.05, 0.1) is 5.54 Å². The number of carbonyl (C=O) groups is 1. The average molecular weight is 274 g/mol. The lowest BCUT2D eigenvalue weighted by Crippen LogP contribution is -2.40. The van der Waals surface area contributed by atoms with Crippen molar-refractivity contribution in [1.82, 2.24) is 15.5 Å². The van der Waals surface area contributed by atoms with Crippen molar-refractivity contribution in [3.05, 3.63) is 29.6 Å². The van der Waals surface area contributed by atoms with Gasteiger partial charge in [0, 0.05) is 18.2 Å². The molecule has 2 aromatic rings. The van der Waals surface area contributed by atoms with Crippen LogP contribution in [0, 0.1) is 6.92 Å². The second kappa shape index (κ2) is 4.96. The maximum atomic E-state index is 11.2. The van der Waals surface area contributed by atoms with Gasteiger partial charge in [-0.2, -0.15) is 4.98 Å². The summed E-state index contributed by atoms with van der Waals surface area (Å²) in [6.45, 7) is 7.02. The van der Waals surface area contributed by atoms with Gasteiger partial charge in [0.2, 0.25) is 5.91 Å². The molecule has 0 spiro atoms. The van der Waals surface area contributed by atoms with Crippen LogP contribution in [0.1, 0.15) is 32.2 Å².